The fourth-order valence-corrected chi connectivity index (χ4v) is 5.73. The standard InChI is InChI=1S/C25H30N6O5S/c1-4-15-12-19-16(7-9-27-23(19)26)11-17(15)13-21(25(33)34)31-10-8-20(24(31)32)29-37(35,36)18-5-6-22(28-14-18)30(2)3/h5-7,9,11-12,14,20-21,29H,4,8,10,13H2,1-3H3,(H2,26,27)(H,33,34). The quantitative estimate of drug-likeness (QED) is 0.375. The van der Waals surface area contributed by atoms with E-state index in [1.807, 2.05) is 19.1 Å². The van der Waals surface area contributed by atoms with E-state index in [1.54, 1.807) is 37.3 Å². The molecule has 11 nitrogen and oxygen atoms in total. The molecule has 1 aliphatic heterocycles. The number of hydrogen-bond donors (Lipinski definition) is 3. The number of carbonyl (C=O) groups is 2. The molecule has 3 aromatic rings. The number of amides is 1. The molecule has 2 unspecified atom stereocenters. The lowest BCUT2D eigenvalue weighted by molar-refractivity contribution is -0.148. The molecule has 1 amide bonds. The van der Waals surface area contributed by atoms with Crippen LogP contribution < -0.4 is 15.4 Å². The van der Waals surface area contributed by atoms with Crippen LogP contribution in [0.5, 0.6) is 0 Å². The Labute approximate surface area is 215 Å². The first kappa shape index (κ1) is 26.3. The van der Waals surface area contributed by atoms with Gasteiger partial charge in [-0.2, -0.15) is 4.72 Å². The van der Waals surface area contributed by atoms with Gasteiger partial charge in [-0.25, -0.2) is 23.2 Å². The highest BCUT2D eigenvalue weighted by atomic mass is 32.2. The Kier molecular flexibility index (Phi) is 7.32. The number of pyridine rings is 2. The molecule has 1 aromatic carbocycles. The van der Waals surface area contributed by atoms with Crippen LogP contribution >= 0.6 is 0 Å². The zero-order valence-corrected chi connectivity index (χ0v) is 21.7. The molecule has 0 bridgehead atoms. The lowest BCUT2D eigenvalue weighted by Gasteiger charge is -2.26. The molecule has 0 aliphatic carbocycles. The van der Waals surface area contributed by atoms with Crippen molar-refractivity contribution >= 4 is 44.3 Å². The molecular weight excluding hydrogens is 496 g/mol. The molecule has 0 radical (unpaired) electrons. The van der Waals surface area contributed by atoms with Gasteiger partial charge in [0, 0.05) is 44.8 Å². The molecule has 4 rings (SSSR count). The summed E-state index contributed by atoms with van der Waals surface area (Å²) in [6, 6.07) is 6.36. The number of hydrogen-bond acceptors (Lipinski definition) is 8. The average Bonchev–Trinajstić information content (AvgIpc) is 3.21. The van der Waals surface area contributed by atoms with Crippen LogP contribution in [-0.4, -0.2) is 73.0 Å². The highest BCUT2D eigenvalue weighted by molar-refractivity contribution is 7.89. The van der Waals surface area contributed by atoms with Crippen LogP contribution in [0.15, 0.2) is 47.6 Å². The number of sulfonamides is 1. The number of likely N-dealkylation sites (tertiary alicyclic amines) is 1. The van der Waals surface area contributed by atoms with E-state index in [0.717, 1.165) is 21.9 Å². The van der Waals surface area contributed by atoms with E-state index in [9.17, 15) is 23.1 Å². The van der Waals surface area contributed by atoms with Gasteiger partial charge in [-0.15, -0.1) is 0 Å². The summed E-state index contributed by atoms with van der Waals surface area (Å²) in [6.45, 7) is 2.07. The maximum absolute atomic E-state index is 13.2. The molecule has 1 saturated heterocycles. The lowest BCUT2D eigenvalue weighted by atomic mass is 9.94. The van der Waals surface area contributed by atoms with E-state index >= 15 is 0 Å². The number of carboxylic acids is 1. The van der Waals surface area contributed by atoms with Gasteiger partial charge < -0.3 is 20.6 Å². The van der Waals surface area contributed by atoms with Gasteiger partial charge >= 0.3 is 5.97 Å². The second-order valence-corrected chi connectivity index (χ2v) is 10.9. The number of aliphatic carboxylic acids is 1. The van der Waals surface area contributed by atoms with Crippen LogP contribution in [0, 0.1) is 0 Å². The summed E-state index contributed by atoms with van der Waals surface area (Å²) in [7, 11) is -0.460. The maximum atomic E-state index is 13.2. The second-order valence-electron chi connectivity index (χ2n) is 9.19. The van der Waals surface area contributed by atoms with Gasteiger partial charge in [-0.1, -0.05) is 13.0 Å². The predicted molar refractivity (Wildman–Crippen MR) is 140 cm³/mol. The van der Waals surface area contributed by atoms with Gasteiger partial charge in [0.25, 0.3) is 0 Å². The molecule has 4 N–H and O–H groups in total. The fraction of sp³-hybridized carbons (Fsp3) is 0.360. The molecule has 0 spiro atoms. The Hall–Kier alpha value is -3.77. The molecule has 0 saturated carbocycles. The van der Waals surface area contributed by atoms with E-state index in [4.69, 9.17) is 5.73 Å². The van der Waals surface area contributed by atoms with Crippen molar-refractivity contribution < 1.29 is 23.1 Å². The molecule has 2 atom stereocenters. The molecular formula is C25H30N6O5S. The van der Waals surface area contributed by atoms with E-state index in [0.29, 0.717) is 18.1 Å². The van der Waals surface area contributed by atoms with Gasteiger partial charge in [-0.3, -0.25) is 4.79 Å². The number of benzene rings is 1. The van der Waals surface area contributed by atoms with E-state index in [-0.39, 0.29) is 24.3 Å². The minimum absolute atomic E-state index is 0.0725. The van der Waals surface area contributed by atoms with Crippen molar-refractivity contribution in [2.24, 2.45) is 0 Å². The number of carboxylic acid groups (broad SMARTS) is 1. The van der Waals surface area contributed by atoms with Crippen LogP contribution in [0.2, 0.25) is 0 Å². The van der Waals surface area contributed by atoms with Crippen molar-refractivity contribution in [2.45, 2.75) is 43.2 Å². The number of nitrogen functional groups attached to an aromatic ring is 1. The number of carbonyl (C=O) groups excluding carboxylic acids is 1. The smallest absolute Gasteiger partial charge is 0.326 e. The Morgan fingerprint density at radius 1 is 1.24 bits per heavy atom. The minimum Gasteiger partial charge on any atom is -0.480 e. The molecule has 2 aromatic heterocycles. The normalized spacial score (nSPS) is 16.8. The third-order valence-corrected chi connectivity index (χ3v) is 8.05. The van der Waals surface area contributed by atoms with Crippen LogP contribution in [0.25, 0.3) is 10.8 Å². The van der Waals surface area contributed by atoms with E-state index in [2.05, 4.69) is 14.7 Å². The van der Waals surface area contributed by atoms with Gasteiger partial charge in [0.1, 0.15) is 28.6 Å². The summed E-state index contributed by atoms with van der Waals surface area (Å²) >= 11 is 0. The summed E-state index contributed by atoms with van der Waals surface area (Å²) in [5.41, 5.74) is 7.71. The summed E-state index contributed by atoms with van der Waals surface area (Å²) in [5.74, 6) is -0.742. The second kappa shape index (κ2) is 10.3. The molecule has 3 heterocycles. The Bertz CT molecular complexity index is 1440. The Balaban J connectivity index is 1.55. The van der Waals surface area contributed by atoms with Crippen molar-refractivity contribution in [3.63, 3.8) is 0 Å². The Morgan fingerprint density at radius 2 is 2.00 bits per heavy atom. The summed E-state index contributed by atoms with van der Waals surface area (Å²) in [5, 5.41) is 11.6. The molecule has 1 fully saturated rings. The monoisotopic (exact) mass is 526 g/mol. The summed E-state index contributed by atoms with van der Waals surface area (Å²) < 4.78 is 28.2. The highest BCUT2D eigenvalue weighted by Crippen LogP contribution is 2.27. The van der Waals surface area contributed by atoms with Gasteiger partial charge in [0.05, 0.1) is 0 Å². The van der Waals surface area contributed by atoms with Crippen LogP contribution in [0.1, 0.15) is 24.5 Å². The topological polar surface area (TPSA) is 159 Å². The number of fused-ring (bicyclic) bond motifs is 1. The molecule has 12 heteroatoms. The number of nitrogens with two attached hydrogens (primary N) is 1. The van der Waals surface area contributed by atoms with Gasteiger partial charge in [0.2, 0.25) is 15.9 Å². The predicted octanol–water partition coefficient (Wildman–Crippen LogP) is 1.42. The number of aromatic nitrogens is 2. The number of aryl methyl sites for hydroxylation is 1. The van der Waals surface area contributed by atoms with Gasteiger partial charge in [0.15, 0.2) is 0 Å². The fourth-order valence-electron chi connectivity index (χ4n) is 4.57. The lowest BCUT2D eigenvalue weighted by Crippen LogP contribution is -2.48. The first-order valence-electron chi connectivity index (χ1n) is 11.9. The summed E-state index contributed by atoms with van der Waals surface area (Å²) in [4.78, 5) is 36.6. The number of rotatable bonds is 9. The third kappa shape index (κ3) is 5.35. The van der Waals surface area contributed by atoms with Crippen LogP contribution in [0.4, 0.5) is 11.6 Å². The first-order valence-corrected chi connectivity index (χ1v) is 13.3. The number of nitrogens with zero attached hydrogens (tertiary/aromatic N) is 4. The first-order chi connectivity index (χ1) is 17.5. The summed E-state index contributed by atoms with van der Waals surface area (Å²) in [6.07, 6.45) is 3.70. The van der Waals surface area contributed by atoms with E-state index < -0.39 is 34.0 Å². The van der Waals surface area contributed by atoms with Crippen molar-refractivity contribution in [1.29, 1.82) is 0 Å². The van der Waals surface area contributed by atoms with Crippen LogP contribution in [-0.2, 0) is 32.5 Å². The number of anilines is 2. The van der Waals surface area contributed by atoms with Gasteiger partial charge in [-0.05, 0) is 53.6 Å². The molecule has 196 valence electrons. The Morgan fingerprint density at radius 3 is 2.62 bits per heavy atom. The van der Waals surface area contributed by atoms with Crippen molar-refractivity contribution in [1.82, 2.24) is 19.6 Å². The van der Waals surface area contributed by atoms with Crippen molar-refractivity contribution in [3.8, 4) is 0 Å². The maximum Gasteiger partial charge on any atom is 0.326 e. The zero-order chi connectivity index (χ0) is 26.9. The minimum atomic E-state index is -4.03. The third-order valence-electron chi connectivity index (χ3n) is 6.60. The van der Waals surface area contributed by atoms with Crippen LogP contribution in [0.3, 0.4) is 0 Å². The van der Waals surface area contributed by atoms with E-state index in [1.165, 1.54) is 17.2 Å². The number of nitrogens with one attached hydrogen (secondary N) is 1. The molecule has 37 heavy (non-hydrogen) atoms. The molecule has 1 aliphatic rings. The highest BCUT2D eigenvalue weighted by Gasteiger charge is 2.41. The average molecular weight is 527 g/mol. The zero-order valence-electron chi connectivity index (χ0n) is 20.9. The largest absolute Gasteiger partial charge is 0.480 e. The van der Waals surface area contributed by atoms with Crippen molar-refractivity contribution in [3.05, 3.63) is 53.9 Å². The SMILES string of the molecule is CCc1cc2c(N)nccc2cc1CC(C(=O)O)N1CCC(NS(=O)(=O)c2ccc(N(C)C)nc2)C1=O. The van der Waals surface area contributed by atoms with Crippen molar-refractivity contribution in [2.75, 3.05) is 31.3 Å².